The molecule has 2 atom stereocenters. The number of carbonyl (C=O) groups excluding carboxylic acids is 1. The number of halogens is 1. The SMILES string of the molecule is N[C@H]1CCN(c2ccc(-c3cccc(C(=O)NC(c4cc5ccccc5[nH]4)c4cc(F)ccc4O)c3)cc2)C1. The number of fused-ring (bicyclic) bond motifs is 1. The van der Waals surface area contributed by atoms with Crippen molar-refractivity contribution in [2.24, 2.45) is 5.73 Å². The molecule has 5 N–H and O–H groups in total. The van der Waals surface area contributed by atoms with Crippen molar-refractivity contribution < 1.29 is 14.3 Å². The molecule has 0 saturated carbocycles. The zero-order valence-corrected chi connectivity index (χ0v) is 21.3. The van der Waals surface area contributed by atoms with Crippen molar-refractivity contribution in [1.29, 1.82) is 0 Å². The van der Waals surface area contributed by atoms with Gasteiger partial charge in [0.05, 0.1) is 6.04 Å². The number of H-pyrrole nitrogens is 1. The average Bonchev–Trinajstić information content (AvgIpc) is 3.59. The van der Waals surface area contributed by atoms with Gasteiger partial charge in [-0.1, -0.05) is 42.5 Å². The molecule has 0 radical (unpaired) electrons. The number of aromatic hydroxyl groups is 1. The van der Waals surface area contributed by atoms with Crippen molar-refractivity contribution in [1.82, 2.24) is 10.3 Å². The van der Waals surface area contributed by atoms with E-state index in [1.165, 1.54) is 18.2 Å². The summed E-state index contributed by atoms with van der Waals surface area (Å²) >= 11 is 0. The Bertz CT molecular complexity index is 1610. The summed E-state index contributed by atoms with van der Waals surface area (Å²) < 4.78 is 14.2. The van der Waals surface area contributed by atoms with E-state index in [9.17, 15) is 14.3 Å². The molecule has 5 aromatic rings. The number of carbonyl (C=O) groups is 1. The molecule has 1 fully saturated rings. The number of hydrogen-bond donors (Lipinski definition) is 4. The van der Waals surface area contributed by atoms with Gasteiger partial charge in [-0.25, -0.2) is 4.39 Å². The van der Waals surface area contributed by atoms with E-state index in [0.717, 1.165) is 47.2 Å². The van der Waals surface area contributed by atoms with Crippen LogP contribution in [-0.2, 0) is 0 Å². The zero-order chi connectivity index (χ0) is 26.9. The molecular formula is C32H29FN4O2. The van der Waals surface area contributed by atoms with Crippen LogP contribution >= 0.6 is 0 Å². The van der Waals surface area contributed by atoms with E-state index in [4.69, 9.17) is 5.73 Å². The first-order valence-corrected chi connectivity index (χ1v) is 13.0. The summed E-state index contributed by atoms with van der Waals surface area (Å²) in [6, 6.07) is 28.4. The number of rotatable bonds is 6. The van der Waals surface area contributed by atoms with Crippen LogP contribution in [-0.4, -0.2) is 35.1 Å². The van der Waals surface area contributed by atoms with Crippen molar-refractivity contribution in [2.75, 3.05) is 18.0 Å². The van der Waals surface area contributed by atoms with Crippen molar-refractivity contribution >= 4 is 22.5 Å². The molecule has 4 aromatic carbocycles. The number of anilines is 1. The first-order chi connectivity index (χ1) is 18.9. The summed E-state index contributed by atoms with van der Waals surface area (Å²) in [6.07, 6.45) is 0.992. The molecule has 1 aliphatic rings. The number of aromatic amines is 1. The van der Waals surface area contributed by atoms with Crippen LogP contribution in [0.4, 0.5) is 10.1 Å². The van der Waals surface area contributed by atoms with E-state index in [1.54, 1.807) is 6.07 Å². The minimum Gasteiger partial charge on any atom is -0.508 e. The van der Waals surface area contributed by atoms with Gasteiger partial charge in [0.2, 0.25) is 0 Å². The zero-order valence-electron chi connectivity index (χ0n) is 21.3. The number of aromatic nitrogens is 1. The Labute approximate surface area is 225 Å². The Morgan fingerprint density at radius 2 is 1.79 bits per heavy atom. The predicted octanol–water partition coefficient (Wildman–Crippen LogP) is 5.74. The maximum absolute atomic E-state index is 14.2. The maximum Gasteiger partial charge on any atom is 0.252 e. The van der Waals surface area contributed by atoms with Crippen molar-refractivity contribution in [3.8, 4) is 16.9 Å². The molecule has 1 unspecified atom stereocenters. The minimum absolute atomic E-state index is 0.104. The summed E-state index contributed by atoms with van der Waals surface area (Å²) in [5, 5.41) is 14.5. The number of phenolic OH excluding ortho intramolecular Hbond substituents is 1. The molecule has 6 nitrogen and oxygen atoms in total. The lowest BCUT2D eigenvalue weighted by Gasteiger charge is -2.20. The van der Waals surface area contributed by atoms with E-state index in [1.807, 2.05) is 60.7 Å². The van der Waals surface area contributed by atoms with Crippen LogP contribution < -0.4 is 16.0 Å². The van der Waals surface area contributed by atoms with Gasteiger partial charge in [0.1, 0.15) is 11.6 Å². The van der Waals surface area contributed by atoms with E-state index in [2.05, 4.69) is 27.3 Å². The lowest BCUT2D eigenvalue weighted by Crippen LogP contribution is -2.29. The van der Waals surface area contributed by atoms with E-state index >= 15 is 0 Å². The number of phenols is 1. The topological polar surface area (TPSA) is 94.4 Å². The molecule has 0 aliphatic carbocycles. The number of benzene rings is 4. The lowest BCUT2D eigenvalue weighted by atomic mass is 10.00. The molecule has 2 heterocycles. The second kappa shape index (κ2) is 10.3. The number of nitrogens with zero attached hydrogens (tertiary/aromatic N) is 1. The van der Waals surface area contributed by atoms with Gasteiger partial charge in [-0.3, -0.25) is 4.79 Å². The highest BCUT2D eigenvalue weighted by atomic mass is 19.1. The fraction of sp³-hybridized carbons (Fsp3) is 0.156. The normalized spacial score (nSPS) is 15.9. The monoisotopic (exact) mass is 520 g/mol. The second-order valence-corrected chi connectivity index (χ2v) is 10.0. The Balaban J connectivity index is 1.29. The molecule has 0 bridgehead atoms. The molecule has 1 saturated heterocycles. The predicted molar refractivity (Wildman–Crippen MR) is 152 cm³/mol. The number of hydrogen-bond acceptors (Lipinski definition) is 4. The largest absolute Gasteiger partial charge is 0.508 e. The lowest BCUT2D eigenvalue weighted by molar-refractivity contribution is 0.0942. The van der Waals surface area contributed by atoms with Gasteiger partial charge in [0.15, 0.2) is 0 Å². The van der Waals surface area contributed by atoms with Gasteiger partial charge >= 0.3 is 0 Å². The number of amides is 1. The highest BCUT2D eigenvalue weighted by Gasteiger charge is 2.24. The van der Waals surface area contributed by atoms with Crippen LogP contribution in [0.3, 0.4) is 0 Å². The Hall–Kier alpha value is -4.62. The van der Waals surface area contributed by atoms with Gasteiger partial charge in [0.25, 0.3) is 5.91 Å². The summed E-state index contributed by atoms with van der Waals surface area (Å²) in [4.78, 5) is 19.1. The smallest absolute Gasteiger partial charge is 0.252 e. The van der Waals surface area contributed by atoms with Crippen LogP contribution in [0.15, 0.2) is 97.1 Å². The van der Waals surface area contributed by atoms with Gasteiger partial charge < -0.3 is 26.0 Å². The van der Waals surface area contributed by atoms with Gasteiger partial charge in [-0.05, 0) is 77.5 Å². The van der Waals surface area contributed by atoms with Gasteiger partial charge in [-0.15, -0.1) is 0 Å². The van der Waals surface area contributed by atoms with Gasteiger partial charge in [0, 0.05) is 47.2 Å². The fourth-order valence-corrected chi connectivity index (χ4v) is 5.27. The Morgan fingerprint density at radius 3 is 2.56 bits per heavy atom. The molecule has 39 heavy (non-hydrogen) atoms. The standard InChI is InChI=1S/C32H29FN4O2/c33-24-10-13-30(38)27(18-24)31(29-17-22-4-1-2-7-28(22)35-29)36-32(39)23-6-3-5-21(16-23)20-8-11-26(12-9-20)37-15-14-25(34)19-37/h1-13,16-18,25,31,35,38H,14-15,19,34H2,(H,36,39)/t25-,31?/m0/s1. The van der Waals surface area contributed by atoms with Crippen LogP contribution in [0, 0.1) is 5.82 Å². The average molecular weight is 521 g/mol. The quantitative estimate of drug-likeness (QED) is 0.230. The fourth-order valence-electron chi connectivity index (χ4n) is 5.27. The molecule has 1 aliphatic heterocycles. The van der Waals surface area contributed by atoms with Crippen LogP contribution in [0.2, 0.25) is 0 Å². The first kappa shape index (κ1) is 24.7. The van der Waals surface area contributed by atoms with E-state index in [0.29, 0.717) is 11.3 Å². The van der Waals surface area contributed by atoms with Gasteiger partial charge in [-0.2, -0.15) is 0 Å². The van der Waals surface area contributed by atoms with Crippen LogP contribution in [0.25, 0.3) is 22.0 Å². The highest BCUT2D eigenvalue weighted by Crippen LogP contribution is 2.32. The first-order valence-electron chi connectivity index (χ1n) is 13.0. The van der Waals surface area contributed by atoms with Crippen molar-refractivity contribution in [3.05, 3.63) is 120 Å². The summed E-state index contributed by atoms with van der Waals surface area (Å²) in [7, 11) is 0. The van der Waals surface area contributed by atoms with Crippen LogP contribution in [0.5, 0.6) is 5.75 Å². The number of nitrogens with two attached hydrogens (primary N) is 1. The maximum atomic E-state index is 14.2. The van der Waals surface area contributed by atoms with Crippen molar-refractivity contribution in [2.45, 2.75) is 18.5 Å². The van der Waals surface area contributed by atoms with E-state index < -0.39 is 11.9 Å². The molecule has 1 amide bonds. The Kier molecular flexibility index (Phi) is 6.50. The molecule has 196 valence electrons. The molecule has 6 rings (SSSR count). The summed E-state index contributed by atoms with van der Waals surface area (Å²) in [5.41, 5.74) is 11.3. The third-order valence-corrected chi connectivity index (χ3v) is 7.35. The van der Waals surface area contributed by atoms with E-state index in [-0.39, 0.29) is 23.3 Å². The molecule has 1 aromatic heterocycles. The third-order valence-electron chi connectivity index (χ3n) is 7.35. The number of nitrogens with one attached hydrogen (secondary N) is 2. The molecule has 0 spiro atoms. The second-order valence-electron chi connectivity index (χ2n) is 10.0. The van der Waals surface area contributed by atoms with Crippen molar-refractivity contribution in [3.63, 3.8) is 0 Å². The number of para-hydroxylation sites is 1. The van der Waals surface area contributed by atoms with Crippen LogP contribution in [0.1, 0.15) is 34.1 Å². The third kappa shape index (κ3) is 5.09. The summed E-state index contributed by atoms with van der Waals surface area (Å²) in [5.74, 6) is -0.945. The minimum atomic E-state index is -0.796. The molecular weight excluding hydrogens is 491 g/mol. The summed E-state index contributed by atoms with van der Waals surface area (Å²) in [6.45, 7) is 1.81. The Morgan fingerprint density at radius 1 is 0.974 bits per heavy atom. The molecule has 7 heteroatoms. The highest BCUT2D eigenvalue weighted by molar-refractivity contribution is 5.96.